The van der Waals surface area contributed by atoms with Gasteiger partial charge in [0.25, 0.3) is 0 Å². The van der Waals surface area contributed by atoms with E-state index in [1.807, 2.05) is 0 Å². The molecule has 0 saturated heterocycles. The van der Waals surface area contributed by atoms with E-state index in [9.17, 15) is 10.2 Å². The van der Waals surface area contributed by atoms with E-state index in [4.69, 9.17) is 0 Å². The molecule has 0 bridgehead atoms. The van der Waals surface area contributed by atoms with Crippen LogP contribution in [0.3, 0.4) is 0 Å². The molecule has 0 aromatic rings. The zero-order chi connectivity index (χ0) is 13.9. The first-order valence-corrected chi connectivity index (χ1v) is 7.95. The Hall–Kier alpha value is -0.0800. The third-order valence-electron chi connectivity index (χ3n) is 4.34. The van der Waals surface area contributed by atoms with Crippen LogP contribution in [0.2, 0.25) is 0 Å². The van der Waals surface area contributed by atoms with Crippen molar-refractivity contribution in [3.05, 3.63) is 0 Å². The monoisotopic (exact) mass is 258 g/mol. The van der Waals surface area contributed by atoms with E-state index < -0.39 is 0 Å². The summed E-state index contributed by atoms with van der Waals surface area (Å²) in [6, 6.07) is 0. The van der Waals surface area contributed by atoms with Crippen LogP contribution >= 0.6 is 0 Å². The highest BCUT2D eigenvalue weighted by Crippen LogP contribution is 2.34. The molecule has 110 valence electrons. The van der Waals surface area contributed by atoms with Gasteiger partial charge in [-0.05, 0) is 19.3 Å². The minimum atomic E-state index is -0.333. The summed E-state index contributed by atoms with van der Waals surface area (Å²) in [4.78, 5) is 0. The van der Waals surface area contributed by atoms with Crippen molar-refractivity contribution >= 4 is 0 Å². The average Bonchev–Trinajstić information content (AvgIpc) is 2.40. The van der Waals surface area contributed by atoms with Crippen LogP contribution in [0.1, 0.15) is 85.0 Å². The SMILES string of the molecule is CCCCCCCC(O)C(CC)(CO)CCCC. The summed E-state index contributed by atoms with van der Waals surface area (Å²) in [5.41, 5.74) is -0.249. The summed E-state index contributed by atoms with van der Waals surface area (Å²) < 4.78 is 0. The summed E-state index contributed by atoms with van der Waals surface area (Å²) >= 11 is 0. The van der Waals surface area contributed by atoms with E-state index >= 15 is 0 Å². The van der Waals surface area contributed by atoms with Gasteiger partial charge >= 0.3 is 0 Å². The fraction of sp³-hybridized carbons (Fsp3) is 1.00. The normalized spacial score (nSPS) is 16.5. The van der Waals surface area contributed by atoms with Gasteiger partial charge in [-0.15, -0.1) is 0 Å². The fourth-order valence-corrected chi connectivity index (χ4v) is 2.65. The zero-order valence-corrected chi connectivity index (χ0v) is 12.7. The topological polar surface area (TPSA) is 40.5 Å². The molecule has 0 spiro atoms. The van der Waals surface area contributed by atoms with Gasteiger partial charge in [0, 0.05) is 5.41 Å². The zero-order valence-electron chi connectivity index (χ0n) is 12.7. The van der Waals surface area contributed by atoms with Gasteiger partial charge in [-0.3, -0.25) is 0 Å². The van der Waals surface area contributed by atoms with Gasteiger partial charge in [0.2, 0.25) is 0 Å². The van der Waals surface area contributed by atoms with Crippen LogP contribution in [0, 0.1) is 5.41 Å². The third kappa shape index (κ3) is 6.19. The van der Waals surface area contributed by atoms with Crippen LogP contribution in [0.5, 0.6) is 0 Å². The van der Waals surface area contributed by atoms with Crippen LogP contribution < -0.4 is 0 Å². The van der Waals surface area contributed by atoms with E-state index in [0.717, 1.165) is 38.5 Å². The number of unbranched alkanes of at least 4 members (excludes halogenated alkanes) is 5. The molecule has 0 aliphatic rings. The molecule has 2 N–H and O–H groups in total. The van der Waals surface area contributed by atoms with Gasteiger partial charge in [-0.25, -0.2) is 0 Å². The number of aliphatic hydroxyl groups excluding tert-OH is 2. The Morgan fingerprint density at radius 3 is 2.00 bits per heavy atom. The maximum absolute atomic E-state index is 10.4. The smallest absolute Gasteiger partial charge is 0.0618 e. The molecule has 0 radical (unpaired) electrons. The Kier molecular flexibility index (Phi) is 10.8. The highest BCUT2D eigenvalue weighted by Gasteiger charge is 2.34. The minimum Gasteiger partial charge on any atom is -0.396 e. The predicted octanol–water partition coefficient (Wildman–Crippen LogP) is 4.29. The predicted molar refractivity (Wildman–Crippen MR) is 78.7 cm³/mol. The molecule has 18 heavy (non-hydrogen) atoms. The number of hydrogen-bond donors (Lipinski definition) is 2. The second-order valence-electron chi connectivity index (χ2n) is 5.70. The Morgan fingerprint density at radius 2 is 1.50 bits per heavy atom. The van der Waals surface area contributed by atoms with Gasteiger partial charge in [0.1, 0.15) is 0 Å². The quantitative estimate of drug-likeness (QED) is 0.513. The van der Waals surface area contributed by atoms with E-state index in [1.54, 1.807) is 0 Å². The Labute approximate surface area is 114 Å². The number of hydrogen-bond acceptors (Lipinski definition) is 2. The molecular weight excluding hydrogens is 224 g/mol. The average molecular weight is 258 g/mol. The Morgan fingerprint density at radius 1 is 0.889 bits per heavy atom. The lowest BCUT2D eigenvalue weighted by molar-refractivity contribution is -0.0335. The van der Waals surface area contributed by atoms with Crippen molar-refractivity contribution in [2.45, 2.75) is 91.1 Å². The minimum absolute atomic E-state index is 0.125. The summed E-state index contributed by atoms with van der Waals surface area (Å²) in [6.45, 7) is 6.59. The molecule has 0 aliphatic heterocycles. The van der Waals surface area contributed by atoms with Crippen molar-refractivity contribution in [3.63, 3.8) is 0 Å². The molecule has 2 unspecified atom stereocenters. The van der Waals surface area contributed by atoms with Crippen molar-refractivity contribution in [2.75, 3.05) is 6.61 Å². The van der Waals surface area contributed by atoms with Crippen LogP contribution in [-0.4, -0.2) is 22.9 Å². The van der Waals surface area contributed by atoms with Crippen molar-refractivity contribution in [3.8, 4) is 0 Å². The number of rotatable bonds is 12. The van der Waals surface area contributed by atoms with E-state index in [-0.39, 0.29) is 18.1 Å². The lowest BCUT2D eigenvalue weighted by atomic mass is 9.74. The van der Waals surface area contributed by atoms with E-state index in [0.29, 0.717) is 0 Å². The second kappa shape index (κ2) is 10.8. The lowest BCUT2D eigenvalue weighted by Gasteiger charge is -2.36. The first kappa shape index (κ1) is 17.9. The Balaban J connectivity index is 4.08. The van der Waals surface area contributed by atoms with Crippen molar-refractivity contribution < 1.29 is 10.2 Å². The summed E-state index contributed by atoms with van der Waals surface area (Å²) in [5, 5.41) is 20.0. The number of aliphatic hydroxyl groups is 2. The van der Waals surface area contributed by atoms with Crippen molar-refractivity contribution in [1.29, 1.82) is 0 Å². The molecular formula is C16H34O2. The van der Waals surface area contributed by atoms with E-state index in [2.05, 4.69) is 20.8 Å². The summed E-state index contributed by atoms with van der Waals surface area (Å²) in [6.07, 6.45) is 10.7. The molecule has 0 heterocycles. The molecule has 0 amide bonds. The molecule has 0 aromatic heterocycles. The molecule has 2 nitrogen and oxygen atoms in total. The molecule has 0 fully saturated rings. The van der Waals surface area contributed by atoms with Gasteiger partial charge in [-0.1, -0.05) is 65.7 Å². The summed E-state index contributed by atoms with van der Waals surface area (Å²) in [7, 11) is 0. The second-order valence-corrected chi connectivity index (χ2v) is 5.70. The maximum Gasteiger partial charge on any atom is 0.0618 e. The van der Waals surface area contributed by atoms with Crippen molar-refractivity contribution in [2.24, 2.45) is 5.41 Å². The summed E-state index contributed by atoms with van der Waals surface area (Å²) in [5.74, 6) is 0. The standard InChI is InChI=1S/C16H34O2/c1-4-7-9-10-11-12-15(18)16(6-3,14-17)13-8-5-2/h15,17-18H,4-14H2,1-3H3. The Bertz CT molecular complexity index is 176. The van der Waals surface area contributed by atoms with Crippen molar-refractivity contribution in [1.82, 2.24) is 0 Å². The molecule has 0 aliphatic carbocycles. The molecule has 2 heteroatoms. The molecule has 2 atom stereocenters. The van der Waals surface area contributed by atoms with Gasteiger partial charge in [0.05, 0.1) is 12.7 Å². The van der Waals surface area contributed by atoms with Crippen LogP contribution in [0.15, 0.2) is 0 Å². The highest BCUT2D eigenvalue weighted by molar-refractivity contribution is 4.84. The fourth-order valence-electron chi connectivity index (χ4n) is 2.65. The van der Waals surface area contributed by atoms with Gasteiger partial charge < -0.3 is 10.2 Å². The largest absolute Gasteiger partial charge is 0.396 e. The van der Waals surface area contributed by atoms with Crippen LogP contribution in [-0.2, 0) is 0 Å². The van der Waals surface area contributed by atoms with Crippen LogP contribution in [0.4, 0.5) is 0 Å². The van der Waals surface area contributed by atoms with Gasteiger partial charge in [-0.2, -0.15) is 0 Å². The first-order valence-electron chi connectivity index (χ1n) is 7.95. The first-order chi connectivity index (χ1) is 8.66. The van der Waals surface area contributed by atoms with E-state index in [1.165, 1.54) is 25.7 Å². The highest BCUT2D eigenvalue weighted by atomic mass is 16.3. The molecule has 0 aromatic carbocycles. The van der Waals surface area contributed by atoms with Crippen LogP contribution in [0.25, 0.3) is 0 Å². The third-order valence-corrected chi connectivity index (χ3v) is 4.34. The maximum atomic E-state index is 10.4. The molecule has 0 saturated carbocycles. The molecule has 0 rings (SSSR count). The van der Waals surface area contributed by atoms with Gasteiger partial charge in [0.15, 0.2) is 0 Å². The lowest BCUT2D eigenvalue weighted by Crippen LogP contribution is -2.38.